The van der Waals surface area contributed by atoms with Crippen LogP contribution in [0.2, 0.25) is 0 Å². The summed E-state index contributed by atoms with van der Waals surface area (Å²) in [7, 11) is 0. The highest BCUT2D eigenvalue weighted by Gasteiger charge is 2.26. The number of hydrogen-bond donors (Lipinski definition) is 1. The smallest absolute Gasteiger partial charge is 0.106 e. The van der Waals surface area contributed by atoms with Crippen molar-refractivity contribution < 1.29 is 0 Å². The monoisotopic (exact) mass is 311 g/mol. The summed E-state index contributed by atoms with van der Waals surface area (Å²) in [5, 5.41) is 3.42. The van der Waals surface area contributed by atoms with Crippen LogP contribution in [0.15, 0.2) is 22.9 Å². The Morgan fingerprint density at radius 1 is 1.39 bits per heavy atom. The van der Waals surface area contributed by atoms with Gasteiger partial charge in [0.1, 0.15) is 4.60 Å². The van der Waals surface area contributed by atoms with Gasteiger partial charge in [0.25, 0.3) is 0 Å². The van der Waals surface area contributed by atoms with Crippen LogP contribution in [0.25, 0.3) is 0 Å². The molecule has 2 heterocycles. The molecular formula is C14H22BrN3. The normalized spacial score (nSPS) is 20.6. The molecular weight excluding hydrogens is 290 g/mol. The van der Waals surface area contributed by atoms with Gasteiger partial charge in [-0.1, -0.05) is 26.3 Å². The maximum absolute atomic E-state index is 4.39. The van der Waals surface area contributed by atoms with Crippen LogP contribution in [0.1, 0.15) is 31.9 Å². The van der Waals surface area contributed by atoms with Gasteiger partial charge in [-0.2, -0.15) is 0 Å². The molecule has 1 aliphatic rings. The predicted octanol–water partition coefficient (Wildman–Crippen LogP) is 2.84. The lowest BCUT2D eigenvalue weighted by Gasteiger charge is -2.38. The lowest BCUT2D eigenvalue weighted by Crippen LogP contribution is -2.46. The van der Waals surface area contributed by atoms with Crippen LogP contribution < -0.4 is 5.32 Å². The molecule has 100 valence electrons. The highest BCUT2D eigenvalue weighted by Crippen LogP contribution is 2.30. The number of halogens is 1. The molecule has 1 fully saturated rings. The minimum atomic E-state index is 0.498. The fourth-order valence-electron chi connectivity index (χ4n) is 2.65. The predicted molar refractivity (Wildman–Crippen MR) is 78.6 cm³/mol. The number of nitrogens with one attached hydrogen (secondary N) is 1. The van der Waals surface area contributed by atoms with E-state index in [4.69, 9.17) is 0 Å². The number of nitrogens with zero attached hydrogens (tertiary/aromatic N) is 2. The van der Waals surface area contributed by atoms with E-state index in [-0.39, 0.29) is 0 Å². The van der Waals surface area contributed by atoms with Crippen LogP contribution in [0.3, 0.4) is 0 Å². The second-order valence-corrected chi connectivity index (χ2v) is 5.84. The summed E-state index contributed by atoms with van der Waals surface area (Å²) in [5.41, 5.74) is 1.34. The molecule has 4 heteroatoms. The van der Waals surface area contributed by atoms with Crippen molar-refractivity contribution in [1.29, 1.82) is 0 Å². The van der Waals surface area contributed by atoms with Gasteiger partial charge < -0.3 is 5.32 Å². The Labute approximate surface area is 118 Å². The van der Waals surface area contributed by atoms with Crippen molar-refractivity contribution in [3.05, 3.63) is 28.5 Å². The van der Waals surface area contributed by atoms with E-state index in [2.05, 4.69) is 51.0 Å². The molecule has 0 aliphatic carbocycles. The maximum Gasteiger partial charge on any atom is 0.106 e. The molecule has 1 saturated heterocycles. The summed E-state index contributed by atoms with van der Waals surface area (Å²) in [6.45, 7) is 9.06. The summed E-state index contributed by atoms with van der Waals surface area (Å²) in [6, 6.07) is 4.75. The average Bonchev–Trinajstić information content (AvgIpc) is 2.42. The molecule has 0 spiro atoms. The van der Waals surface area contributed by atoms with Crippen molar-refractivity contribution in [3.63, 3.8) is 0 Å². The lowest BCUT2D eigenvalue weighted by atomic mass is 9.91. The van der Waals surface area contributed by atoms with Gasteiger partial charge in [0, 0.05) is 38.4 Å². The van der Waals surface area contributed by atoms with Gasteiger partial charge in [0.2, 0.25) is 0 Å². The molecule has 0 bridgehead atoms. The van der Waals surface area contributed by atoms with E-state index in [9.17, 15) is 0 Å². The third-order valence-electron chi connectivity index (χ3n) is 3.82. The van der Waals surface area contributed by atoms with Crippen LogP contribution in [-0.2, 0) is 0 Å². The fraction of sp³-hybridized carbons (Fsp3) is 0.643. The zero-order valence-corrected chi connectivity index (χ0v) is 12.8. The topological polar surface area (TPSA) is 28.2 Å². The van der Waals surface area contributed by atoms with Crippen molar-refractivity contribution in [3.8, 4) is 0 Å². The van der Waals surface area contributed by atoms with E-state index >= 15 is 0 Å². The Morgan fingerprint density at radius 3 is 2.67 bits per heavy atom. The Balaban J connectivity index is 2.20. The van der Waals surface area contributed by atoms with Gasteiger partial charge >= 0.3 is 0 Å². The van der Waals surface area contributed by atoms with E-state index in [1.807, 2.05) is 12.3 Å². The van der Waals surface area contributed by atoms with Crippen LogP contribution in [0.4, 0.5) is 0 Å². The van der Waals surface area contributed by atoms with E-state index in [0.29, 0.717) is 12.0 Å². The molecule has 2 rings (SSSR count). The van der Waals surface area contributed by atoms with E-state index < -0.39 is 0 Å². The van der Waals surface area contributed by atoms with Gasteiger partial charge in [-0.25, -0.2) is 4.98 Å². The molecule has 0 amide bonds. The quantitative estimate of drug-likeness (QED) is 0.867. The molecule has 1 unspecified atom stereocenters. The molecule has 0 aromatic carbocycles. The zero-order chi connectivity index (χ0) is 13.0. The van der Waals surface area contributed by atoms with Gasteiger partial charge in [-0.15, -0.1) is 0 Å². The van der Waals surface area contributed by atoms with E-state index in [1.54, 1.807) is 0 Å². The summed E-state index contributed by atoms with van der Waals surface area (Å²) >= 11 is 3.41. The van der Waals surface area contributed by atoms with Gasteiger partial charge in [0.15, 0.2) is 0 Å². The largest absolute Gasteiger partial charge is 0.314 e. The Hall–Kier alpha value is -0.450. The highest BCUT2D eigenvalue weighted by atomic mass is 79.9. The number of piperazine rings is 1. The van der Waals surface area contributed by atoms with Gasteiger partial charge in [-0.3, -0.25) is 4.90 Å². The minimum absolute atomic E-state index is 0.498. The molecule has 0 radical (unpaired) electrons. The molecule has 1 N–H and O–H groups in total. The van der Waals surface area contributed by atoms with Crippen LogP contribution in [0.5, 0.6) is 0 Å². The first-order chi connectivity index (χ1) is 8.72. The first-order valence-corrected chi connectivity index (χ1v) is 7.58. The van der Waals surface area contributed by atoms with Crippen molar-refractivity contribution in [2.45, 2.75) is 26.3 Å². The zero-order valence-electron chi connectivity index (χ0n) is 11.2. The summed E-state index contributed by atoms with van der Waals surface area (Å²) in [4.78, 5) is 6.98. The van der Waals surface area contributed by atoms with Crippen LogP contribution in [0, 0.1) is 5.92 Å². The number of hydrogen-bond acceptors (Lipinski definition) is 3. The van der Waals surface area contributed by atoms with E-state index in [1.165, 1.54) is 12.0 Å². The third-order valence-corrected chi connectivity index (χ3v) is 4.29. The van der Waals surface area contributed by atoms with Crippen LogP contribution in [-0.4, -0.2) is 36.1 Å². The first kappa shape index (κ1) is 14.0. The van der Waals surface area contributed by atoms with Gasteiger partial charge in [-0.05, 0) is 33.5 Å². The second-order valence-electron chi connectivity index (χ2n) is 5.03. The molecule has 1 aromatic heterocycles. The van der Waals surface area contributed by atoms with Crippen molar-refractivity contribution in [2.24, 2.45) is 5.92 Å². The minimum Gasteiger partial charge on any atom is -0.314 e. The molecule has 1 aliphatic heterocycles. The van der Waals surface area contributed by atoms with Crippen molar-refractivity contribution in [2.75, 3.05) is 26.2 Å². The fourth-order valence-corrected chi connectivity index (χ4v) is 2.88. The summed E-state index contributed by atoms with van der Waals surface area (Å²) in [6.07, 6.45) is 3.22. The van der Waals surface area contributed by atoms with E-state index in [0.717, 1.165) is 30.8 Å². The van der Waals surface area contributed by atoms with Crippen molar-refractivity contribution >= 4 is 15.9 Å². The average molecular weight is 312 g/mol. The van der Waals surface area contributed by atoms with Crippen LogP contribution >= 0.6 is 15.9 Å². The highest BCUT2D eigenvalue weighted by molar-refractivity contribution is 9.10. The molecule has 3 nitrogen and oxygen atoms in total. The van der Waals surface area contributed by atoms with Crippen molar-refractivity contribution in [1.82, 2.24) is 15.2 Å². The SMILES string of the molecule is CCC(C)[C@H](c1ccc(Br)nc1)N1CCNCC1. The standard InChI is InChI=1S/C14H22BrN3/c1-3-11(2)14(18-8-6-16-7-9-18)12-4-5-13(15)17-10-12/h4-5,10-11,14,16H,3,6-9H2,1-2H3/t11?,14-/m1/s1. The molecule has 18 heavy (non-hydrogen) atoms. The second kappa shape index (κ2) is 6.64. The number of aromatic nitrogens is 1. The lowest BCUT2D eigenvalue weighted by molar-refractivity contribution is 0.128. The summed E-state index contributed by atoms with van der Waals surface area (Å²) in [5.74, 6) is 0.658. The Bertz CT molecular complexity index is 360. The third kappa shape index (κ3) is 3.31. The summed E-state index contributed by atoms with van der Waals surface area (Å²) < 4.78 is 0.912. The maximum atomic E-state index is 4.39. The molecule has 1 aromatic rings. The Kier molecular flexibility index (Phi) is 5.15. The Morgan fingerprint density at radius 2 is 2.11 bits per heavy atom. The van der Waals surface area contributed by atoms with Gasteiger partial charge in [0.05, 0.1) is 0 Å². The molecule has 0 saturated carbocycles. The number of rotatable bonds is 4. The molecule has 2 atom stereocenters. The first-order valence-electron chi connectivity index (χ1n) is 6.78. The number of pyridine rings is 1.